The number of hydrogen-bond acceptors (Lipinski definition) is 11. The van der Waals surface area contributed by atoms with E-state index in [2.05, 4.69) is 23.0 Å². The van der Waals surface area contributed by atoms with Crippen molar-refractivity contribution in [3.05, 3.63) is 64.6 Å². The van der Waals surface area contributed by atoms with Gasteiger partial charge in [-0.2, -0.15) is 0 Å². The predicted octanol–water partition coefficient (Wildman–Crippen LogP) is 6.71. The number of ether oxygens (including phenoxy) is 6. The van der Waals surface area contributed by atoms with E-state index in [-0.39, 0.29) is 34.5 Å². The average molecular weight is 619 g/mol. The molecule has 0 unspecified atom stereocenters. The molecule has 2 aromatic heterocycles. The molecule has 5 rings (SSSR count). The molecule has 0 N–H and O–H groups in total. The summed E-state index contributed by atoms with van der Waals surface area (Å²) in [6, 6.07) is 12.9. The molecule has 0 saturated carbocycles. The summed E-state index contributed by atoms with van der Waals surface area (Å²) in [5.41, 5.74) is 2.51. The molecule has 5 aromatic rings. The third-order valence-corrected chi connectivity index (χ3v) is 8.14. The Hall–Kier alpha value is -4.64. The molecule has 230 valence electrons. The SMILES string of the molecule is COc1cc(OC)c2c(=O)c(OCCCCSc3ncnc4ccc(C)cc34)c(-c3cc(OC)c(OC)c(OC)c3)oc2c1. The van der Waals surface area contributed by atoms with Crippen LogP contribution in [0.25, 0.3) is 33.2 Å². The molecule has 11 heteroatoms. The van der Waals surface area contributed by atoms with Crippen LogP contribution in [0.15, 0.2) is 63.0 Å². The number of hydrogen-bond donors (Lipinski definition) is 0. The van der Waals surface area contributed by atoms with Crippen LogP contribution in [0.3, 0.4) is 0 Å². The van der Waals surface area contributed by atoms with E-state index in [4.69, 9.17) is 32.8 Å². The maximum Gasteiger partial charge on any atom is 0.239 e. The number of aryl methyl sites for hydroxylation is 1. The second-order valence-corrected chi connectivity index (χ2v) is 10.9. The van der Waals surface area contributed by atoms with Gasteiger partial charge in [0.2, 0.25) is 16.9 Å². The zero-order chi connectivity index (χ0) is 31.2. The topological polar surface area (TPSA) is 111 Å². The first kappa shape index (κ1) is 30.8. The molecular formula is C33H34N2O8S. The normalized spacial score (nSPS) is 11.0. The van der Waals surface area contributed by atoms with Crippen molar-refractivity contribution in [3.63, 3.8) is 0 Å². The lowest BCUT2D eigenvalue weighted by molar-refractivity contribution is 0.301. The lowest BCUT2D eigenvalue weighted by Gasteiger charge is -2.17. The van der Waals surface area contributed by atoms with E-state index in [0.29, 0.717) is 40.7 Å². The van der Waals surface area contributed by atoms with Gasteiger partial charge >= 0.3 is 0 Å². The second kappa shape index (κ2) is 13.8. The first-order chi connectivity index (χ1) is 21.4. The van der Waals surface area contributed by atoms with Crippen LogP contribution >= 0.6 is 11.8 Å². The zero-order valence-electron chi connectivity index (χ0n) is 25.5. The Morgan fingerprint density at radius 2 is 1.55 bits per heavy atom. The van der Waals surface area contributed by atoms with Gasteiger partial charge in [0, 0.05) is 23.1 Å². The molecular weight excluding hydrogens is 584 g/mol. The van der Waals surface area contributed by atoms with E-state index >= 15 is 0 Å². The van der Waals surface area contributed by atoms with Crippen molar-refractivity contribution in [1.29, 1.82) is 0 Å². The predicted molar refractivity (Wildman–Crippen MR) is 170 cm³/mol. The molecule has 0 atom stereocenters. The maximum atomic E-state index is 14.0. The standard InChI is InChI=1S/C33H34N2O8S/c1-19-9-10-23-22(13-19)33(35-18-34-23)44-12-8-7-11-42-32-29(36)28-24(38-3)16-21(37-2)17-25(28)43-30(32)20-14-26(39-4)31(41-6)27(15-20)40-5/h9-10,13-18H,7-8,11-12H2,1-6H3. The summed E-state index contributed by atoms with van der Waals surface area (Å²) in [6.07, 6.45) is 3.12. The fraction of sp³-hybridized carbons (Fsp3) is 0.303. The number of benzene rings is 3. The summed E-state index contributed by atoms with van der Waals surface area (Å²) in [6.45, 7) is 2.34. The van der Waals surface area contributed by atoms with Crippen LogP contribution in [0.1, 0.15) is 18.4 Å². The Labute approximate surface area is 259 Å². The van der Waals surface area contributed by atoms with Crippen molar-refractivity contribution in [2.75, 3.05) is 47.9 Å². The minimum absolute atomic E-state index is 0.0557. The number of methoxy groups -OCH3 is 5. The van der Waals surface area contributed by atoms with Gasteiger partial charge in [-0.05, 0) is 49.8 Å². The van der Waals surface area contributed by atoms with Crippen molar-refractivity contribution in [2.45, 2.75) is 24.8 Å². The van der Waals surface area contributed by atoms with Gasteiger partial charge in [-0.3, -0.25) is 4.79 Å². The van der Waals surface area contributed by atoms with Crippen LogP contribution in [-0.4, -0.2) is 57.9 Å². The summed E-state index contributed by atoms with van der Waals surface area (Å²) >= 11 is 1.67. The number of rotatable bonds is 13. The van der Waals surface area contributed by atoms with Crippen LogP contribution in [0.2, 0.25) is 0 Å². The van der Waals surface area contributed by atoms with Crippen LogP contribution in [0, 0.1) is 6.92 Å². The van der Waals surface area contributed by atoms with Crippen LogP contribution < -0.4 is 33.8 Å². The van der Waals surface area contributed by atoms with Gasteiger partial charge in [0.15, 0.2) is 17.3 Å². The van der Waals surface area contributed by atoms with Crippen LogP contribution in [0.5, 0.6) is 34.5 Å². The fourth-order valence-electron chi connectivity index (χ4n) is 4.86. The van der Waals surface area contributed by atoms with Crippen molar-refractivity contribution in [3.8, 4) is 45.8 Å². The molecule has 0 spiro atoms. The van der Waals surface area contributed by atoms with E-state index < -0.39 is 0 Å². The first-order valence-corrected chi connectivity index (χ1v) is 14.9. The molecule has 3 aromatic carbocycles. The largest absolute Gasteiger partial charge is 0.496 e. The van der Waals surface area contributed by atoms with Gasteiger partial charge in [0.05, 0.1) is 47.7 Å². The number of thioether (sulfide) groups is 1. The molecule has 2 heterocycles. The van der Waals surface area contributed by atoms with Crippen molar-refractivity contribution >= 4 is 33.6 Å². The van der Waals surface area contributed by atoms with Gasteiger partial charge in [0.25, 0.3) is 0 Å². The first-order valence-electron chi connectivity index (χ1n) is 13.9. The lowest BCUT2D eigenvalue weighted by Crippen LogP contribution is -2.12. The van der Waals surface area contributed by atoms with Crippen molar-refractivity contribution in [1.82, 2.24) is 9.97 Å². The second-order valence-electron chi connectivity index (χ2n) is 9.81. The van der Waals surface area contributed by atoms with Gasteiger partial charge in [-0.15, -0.1) is 11.8 Å². The Kier molecular flexibility index (Phi) is 9.64. The Morgan fingerprint density at radius 1 is 0.795 bits per heavy atom. The van der Waals surface area contributed by atoms with Crippen LogP contribution in [-0.2, 0) is 0 Å². The Morgan fingerprint density at radius 3 is 2.23 bits per heavy atom. The quantitative estimate of drug-likeness (QED) is 0.0798. The molecule has 0 amide bonds. The highest BCUT2D eigenvalue weighted by Gasteiger charge is 2.24. The van der Waals surface area contributed by atoms with E-state index in [1.54, 1.807) is 42.4 Å². The summed E-state index contributed by atoms with van der Waals surface area (Å²) in [5, 5.41) is 2.24. The Bertz CT molecular complexity index is 1830. The summed E-state index contributed by atoms with van der Waals surface area (Å²) < 4.78 is 40.1. The molecule has 10 nitrogen and oxygen atoms in total. The summed E-state index contributed by atoms with van der Waals surface area (Å²) in [7, 11) is 7.59. The Balaban J connectivity index is 1.44. The molecule has 0 radical (unpaired) electrons. The zero-order valence-corrected chi connectivity index (χ0v) is 26.3. The minimum atomic E-state index is -0.369. The number of unbranched alkanes of at least 4 members (excludes halogenated alkanes) is 1. The molecule has 0 fully saturated rings. The van der Waals surface area contributed by atoms with E-state index in [1.165, 1.54) is 35.5 Å². The molecule has 0 aliphatic heterocycles. The van der Waals surface area contributed by atoms with Crippen molar-refractivity contribution in [2.24, 2.45) is 0 Å². The third kappa shape index (κ3) is 6.19. The van der Waals surface area contributed by atoms with E-state index in [0.717, 1.165) is 33.7 Å². The van der Waals surface area contributed by atoms with Crippen molar-refractivity contribution < 1.29 is 32.8 Å². The molecule has 44 heavy (non-hydrogen) atoms. The molecule has 0 bridgehead atoms. The molecule has 0 aliphatic carbocycles. The molecule has 0 saturated heterocycles. The maximum absolute atomic E-state index is 14.0. The van der Waals surface area contributed by atoms with E-state index in [9.17, 15) is 4.79 Å². The van der Waals surface area contributed by atoms with Gasteiger partial charge in [-0.1, -0.05) is 11.6 Å². The van der Waals surface area contributed by atoms with Crippen LogP contribution in [0.4, 0.5) is 0 Å². The highest BCUT2D eigenvalue weighted by Crippen LogP contribution is 2.44. The summed E-state index contributed by atoms with van der Waals surface area (Å²) in [5.74, 6) is 3.12. The summed E-state index contributed by atoms with van der Waals surface area (Å²) in [4.78, 5) is 22.8. The van der Waals surface area contributed by atoms with E-state index in [1.807, 2.05) is 12.1 Å². The highest BCUT2D eigenvalue weighted by molar-refractivity contribution is 7.99. The number of fused-ring (bicyclic) bond motifs is 2. The average Bonchev–Trinajstić information content (AvgIpc) is 3.05. The fourth-order valence-corrected chi connectivity index (χ4v) is 5.85. The number of nitrogens with zero attached hydrogens (tertiary/aromatic N) is 2. The third-order valence-electron chi connectivity index (χ3n) is 7.05. The lowest BCUT2D eigenvalue weighted by atomic mass is 10.1. The van der Waals surface area contributed by atoms with Gasteiger partial charge < -0.3 is 32.8 Å². The smallest absolute Gasteiger partial charge is 0.239 e. The monoisotopic (exact) mass is 618 g/mol. The highest BCUT2D eigenvalue weighted by atomic mass is 32.2. The minimum Gasteiger partial charge on any atom is -0.496 e. The molecule has 0 aliphatic rings. The number of aromatic nitrogens is 2. The van der Waals surface area contributed by atoms with Gasteiger partial charge in [-0.25, -0.2) is 9.97 Å². The van der Waals surface area contributed by atoms with Gasteiger partial charge in [0.1, 0.15) is 33.8 Å².